The molecule has 0 aromatic heterocycles. The second kappa shape index (κ2) is 8.02. The van der Waals surface area contributed by atoms with Crippen molar-refractivity contribution >= 4 is 0 Å². The summed E-state index contributed by atoms with van der Waals surface area (Å²) in [7, 11) is 3.26. The molecule has 22 heavy (non-hydrogen) atoms. The SMILES string of the molecule is CCCN1CCN(C(C#N)c2ccc(OC)cc2OC)CC1. The van der Waals surface area contributed by atoms with Gasteiger partial charge in [0.25, 0.3) is 0 Å². The molecule has 0 spiro atoms. The van der Waals surface area contributed by atoms with Crippen LogP contribution in [0.3, 0.4) is 0 Å². The molecule has 1 saturated heterocycles. The first-order chi connectivity index (χ1) is 10.7. The van der Waals surface area contributed by atoms with Crippen molar-refractivity contribution in [3.8, 4) is 17.6 Å². The number of nitriles is 1. The highest BCUT2D eigenvalue weighted by Gasteiger charge is 2.27. The van der Waals surface area contributed by atoms with Crippen LogP contribution in [0, 0.1) is 11.3 Å². The van der Waals surface area contributed by atoms with E-state index in [9.17, 15) is 5.26 Å². The third-order valence-corrected chi connectivity index (χ3v) is 4.17. The summed E-state index contributed by atoms with van der Waals surface area (Å²) < 4.78 is 10.7. The quantitative estimate of drug-likeness (QED) is 0.807. The molecule has 1 unspecified atom stereocenters. The summed E-state index contributed by atoms with van der Waals surface area (Å²) in [4.78, 5) is 4.69. The molecule has 0 aliphatic carbocycles. The molecule has 1 aromatic carbocycles. The molecule has 1 atom stereocenters. The molecule has 1 fully saturated rings. The topological polar surface area (TPSA) is 48.7 Å². The first kappa shape index (κ1) is 16.6. The molecule has 1 aromatic rings. The summed E-state index contributed by atoms with van der Waals surface area (Å²) in [5, 5.41) is 9.66. The van der Waals surface area contributed by atoms with Crippen LogP contribution in [-0.2, 0) is 0 Å². The van der Waals surface area contributed by atoms with Crippen molar-refractivity contribution in [3.05, 3.63) is 23.8 Å². The van der Waals surface area contributed by atoms with Crippen molar-refractivity contribution in [3.63, 3.8) is 0 Å². The molecular weight excluding hydrogens is 278 g/mol. The Morgan fingerprint density at radius 3 is 2.45 bits per heavy atom. The summed E-state index contributed by atoms with van der Waals surface area (Å²) in [6.45, 7) is 7.19. The summed E-state index contributed by atoms with van der Waals surface area (Å²) in [5.74, 6) is 1.45. The molecule has 1 heterocycles. The minimum atomic E-state index is -0.273. The van der Waals surface area contributed by atoms with Gasteiger partial charge < -0.3 is 14.4 Å². The predicted molar refractivity (Wildman–Crippen MR) is 86.2 cm³/mol. The average Bonchev–Trinajstić information content (AvgIpc) is 2.57. The summed E-state index contributed by atoms with van der Waals surface area (Å²) in [5.41, 5.74) is 0.912. The summed E-state index contributed by atoms with van der Waals surface area (Å²) in [6.07, 6.45) is 1.17. The molecule has 0 N–H and O–H groups in total. The van der Waals surface area contributed by atoms with Crippen LogP contribution in [0.2, 0.25) is 0 Å². The van der Waals surface area contributed by atoms with Gasteiger partial charge in [0.2, 0.25) is 0 Å². The number of ether oxygens (including phenoxy) is 2. The first-order valence-corrected chi connectivity index (χ1v) is 7.81. The highest BCUT2D eigenvalue weighted by atomic mass is 16.5. The molecule has 120 valence electrons. The van der Waals surface area contributed by atoms with E-state index in [-0.39, 0.29) is 6.04 Å². The highest BCUT2D eigenvalue weighted by molar-refractivity contribution is 5.44. The number of rotatable bonds is 6. The fraction of sp³-hybridized carbons (Fsp3) is 0.588. The number of nitrogens with zero attached hydrogens (tertiary/aromatic N) is 3. The van der Waals surface area contributed by atoms with Crippen molar-refractivity contribution in [1.29, 1.82) is 5.26 Å². The monoisotopic (exact) mass is 303 g/mol. The van der Waals surface area contributed by atoms with Gasteiger partial charge in [0.15, 0.2) is 0 Å². The fourth-order valence-corrected chi connectivity index (χ4v) is 2.95. The predicted octanol–water partition coefficient (Wildman–Crippen LogP) is 2.30. The minimum absolute atomic E-state index is 0.273. The lowest BCUT2D eigenvalue weighted by Gasteiger charge is -2.37. The van der Waals surface area contributed by atoms with E-state index in [0.717, 1.165) is 44.0 Å². The Morgan fingerprint density at radius 2 is 1.91 bits per heavy atom. The van der Waals surface area contributed by atoms with Gasteiger partial charge in [-0.05, 0) is 25.1 Å². The molecule has 0 saturated carbocycles. The normalized spacial score (nSPS) is 17.7. The van der Waals surface area contributed by atoms with E-state index in [1.165, 1.54) is 6.42 Å². The van der Waals surface area contributed by atoms with Crippen molar-refractivity contribution in [2.75, 3.05) is 46.9 Å². The number of piperazine rings is 1. The Bertz CT molecular complexity index is 519. The maximum atomic E-state index is 9.66. The molecule has 2 rings (SSSR count). The van der Waals surface area contributed by atoms with Crippen LogP contribution in [0.25, 0.3) is 0 Å². The van der Waals surface area contributed by atoms with Crippen LogP contribution < -0.4 is 9.47 Å². The Hall–Kier alpha value is -1.77. The zero-order chi connectivity index (χ0) is 15.9. The van der Waals surface area contributed by atoms with Gasteiger partial charge >= 0.3 is 0 Å². The molecule has 1 aliphatic heterocycles. The van der Waals surface area contributed by atoms with Crippen LogP contribution in [0.1, 0.15) is 24.9 Å². The van der Waals surface area contributed by atoms with E-state index < -0.39 is 0 Å². The maximum Gasteiger partial charge on any atom is 0.128 e. The molecule has 0 bridgehead atoms. The van der Waals surface area contributed by atoms with Gasteiger partial charge in [0, 0.05) is 37.8 Å². The van der Waals surface area contributed by atoms with E-state index in [2.05, 4.69) is 22.8 Å². The summed E-state index contributed by atoms with van der Waals surface area (Å²) >= 11 is 0. The Kier molecular flexibility index (Phi) is 6.05. The van der Waals surface area contributed by atoms with Crippen LogP contribution in [0.15, 0.2) is 18.2 Å². The van der Waals surface area contributed by atoms with E-state index in [1.807, 2.05) is 18.2 Å². The highest BCUT2D eigenvalue weighted by Crippen LogP contribution is 2.32. The standard InChI is InChI=1S/C17H25N3O2/c1-4-7-19-8-10-20(11-9-19)16(13-18)15-6-5-14(21-2)12-17(15)22-3/h5-6,12,16H,4,7-11H2,1-3H3. The van der Waals surface area contributed by atoms with Crippen molar-refractivity contribution in [2.45, 2.75) is 19.4 Å². The second-order valence-electron chi connectivity index (χ2n) is 5.52. The second-order valence-corrected chi connectivity index (χ2v) is 5.52. The zero-order valence-corrected chi connectivity index (χ0v) is 13.7. The fourth-order valence-electron chi connectivity index (χ4n) is 2.95. The van der Waals surface area contributed by atoms with Gasteiger partial charge in [0.05, 0.1) is 20.3 Å². The van der Waals surface area contributed by atoms with E-state index in [4.69, 9.17) is 9.47 Å². The Labute approximate surface area is 133 Å². The third-order valence-electron chi connectivity index (χ3n) is 4.17. The molecular formula is C17H25N3O2. The van der Waals surface area contributed by atoms with Crippen LogP contribution in [-0.4, -0.2) is 56.7 Å². The summed E-state index contributed by atoms with van der Waals surface area (Å²) in [6, 6.07) is 7.82. The number of hydrogen-bond acceptors (Lipinski definition) is 5. The molecule has 1 aliphatic rings. The van der Waals surface area contributed by atoms with Gasteiger partial charge in [-0.2, -0.15) is 5.26 Å². The van der Waals surface area contributed by atoms with Crippen LogP contribution in [0.5, 0.6) is 11.5 Å². The molecule has 5 heteroatoms. The number of hydrogen-bond donors (Lipinski definition) is 0. The van der Waals surface area contributed by atoms with Crippen molar-refractivity contribution < 1.29 is 9.47 Å². The average molecular weight is 303 g/mol. The van der Waals surface area contributed by atoms with Crippen LogP contribution in [0.4, 0.5) is 0 Å². The van der Waals surface area contributed by atoms with Crippen molar-refractivity contribution in [1.82, 2.24) is 9.80 Å². The number of benzene rings is 1. The van der Waals surface area contributed by atoms with Gasteiger partial charge in [-0.3, -0.25) is 4.90 Å². The lowest BCUT2D eigenvalue weighted by Crippen LogP contribution is -2.47. The van der Waals surface area contributed by atoms with E-state index in [1.54, 1.807) is 14.2 Å². The maximum absolute atomic E-state index is 9.66. The minimum Gasteiger partial charge on any atom is -0.497 e. The number of methoxy groups -OCH3 is 2. The zero-order valence-electron chi connectivity index (χ0n) is 13.7. The largest absolute Gasteiger partial charge is 0.497 e. The van der Waals surface area contributed by atoms with Gasteiger partial charge in [-0.25, -0.2) is 0 Å². The van der Waals surface area contributed by atoms with Gasteiger partial charge in [-0.1, -0.05) is 6.92 Å². The Balaban J connectivity index is 2.14. The molecule has 0 radical (unpaired) electrons. The van der Waals surface area contributed by atoms with Gasteiger partial charge in [-0.15, -0.1) is 0 Å². The molecule has 0 amide bonds. The first-order valence-electron chi connectivity index (χ1n) is 7.81. The van der Waals surface area contributed by atoms with Crippen molar-refractivity contribution in [2.24, 2.45) is 0 Å². The third kappa shape index (κ3) is 3.70. The molecule has 5 nitrogen and oxygen atoms in total. The Morgan fingerprint density at radius 1 is 1.18 bits per heavy atom. The lowest BCUT2D eigenvalue weighted by molar-refractivity contribution is 0.113. The van der Waals surface area contributed by atoms with Gasteiger partial charge in [0.1, 0.15) is 17.5 Å². The van der Waals surface area contributed by atoms with E-state index >= 15 is 0 Å². The van der Waals surface area contributed by atoms with Crippen LogP contribution >= 0.6 is 0 Å². The lowest BCUT2D eigenvalue weighted by atomic mass is 10.0. The van der Waals surface area contributed by atoms with E-state index in [0.29, 0.717) is 5.75 Å². The smallest absolute Gasteiger partial charge is 0.128 e.